The number of amides is 2. The molecule has 0 bridgehead atoms. The van der Waals surface area contributed by atoms with Crippen molar-refractivity contribution in [1.82, 2.24) is 14.5 Å². The van der Waals surface area contributed by atoms with Crippen LogP contribution in [0.3, 0.4) is 0 Å². The zero-order chi connectivity index (χ0) is 25.2. The van der Waals surface area contributed by atoms with Gasteiger partial charge in [0.15, 0.2) is 5.69 Å². The number of rotatable bonds is 5. The topological polar surface area (TPSA) is 113 Å². The van der Waals surface area contributed by atoms with Crippen LogP contribution in [0, 0.1) is 0 Å². The number of carbonyl (C=O) groups excluding carboxylic acids is 2. The Morgan fingerprint density at radius 2 is 1.97 bits per heavy atom. The van der Waals surface area contributed by atoms with Gasteiger partial charge in [-0.25, -0.2) is 9.38 Å². The van der Waals surface area contributed by atoms with Crippen LogP contribution in [0.2, 0.25) is 0 Å². The Hall–Kier alpha value is -4.66. The van der Waals surface area contributed by atoms with Crippen molar-refractivity contribution in [2.75, 3.05) is 18.9 Å². The van der Waals surface area contributed by atoms with Crippen LogP contribution in [0.4, 0.5) is 5.69 Å². The van der Waals surface area contributed by atoms with E-state index in [0.717, 1.165) is 22.6 Å². The third kappa shape index (κ3) is 4.15. The molecule has 9 heteroatoms. The number of fused-ring (bicyclic) bond motifs is 2. The van der Waals surface area contributed by atoms with Gasteiger partial charge < -0.3 is 20.5 Å². The highest BCUT2D eigenvalue weighted by Crippen LogP contribution is 2.27. The lowest BCUT2D eigenvalue weighted by molar-refractivity contribution is -0.509. The van der Waals surface area contributed by atoms with Crippen molar-refractivity contribution >= 4 is 28.9 Å². The molecule has 3 aromatic heterocycles. The quantitative estimate of drug-likeness (QED) is 0.231. The number of nitrogens with two attached hydrogens (primary N) is 1. The molecule has 4 heterocycles. The largest absolute Gasteiger partial charge is 0.404 e. The van der Waals surface area contributed by atoms with Gasteiger partial charge in [-0.3, -0.25) is 14.6 Å². The van der Waals surface area contributed by atoms with Crippen molar-refractivity contribution in [2.45, 2.75) is 19.5 Å². The lowest BCUT2D eigenvalue weighted by atomic mass is 10.1. The van der Waals surface area contributed by atoms with E-state index in [-0.39, 0.29) is 23.2 Å². The minimum absolute atomic E-state index is 0.0140. The normalized spacial score (nSPS) is 16.2. The van der Waals surface area contributed by atoms with Crippen LogP contribution in [0.1, 0.15) is 18.7 Å². The van der Waals surface area contributed by atoms with E-state index < -0.39 is 5.91 Å². The molecule has 0 saturated heterocycles. The van der Waals surface area contributed by atoms with Crippen molar-refractivity contribution < 1.29 is 14.0 Å². The van der Waals surface area contributed by atoms with Gasteiger partial charge >= 0.3 is 0 Å². The highest BCUT2D eigenvalue weighted by atomic mass is 16.2. The number of benzene rings is 1. The van der Waals surface area contributed by atoms with E-state index in [1.54, 1.807) is 11.0 Å². The van der Waals surface area contributed by atoms with Gasteiger partial charge in [0.25, 0.3) is 17.5 Å². The lowest BCUT2D eigenvalue weighted by Gasteiger charge is -2.35. The van der Waals surface area contributed by atoms with E-state index in [0.29, 0.717) is 18.8 Å². The molecule has 2 amide bonds. The minimum atomic E-state index is -0.505. The summed E-state index contributed by atoms with van der Waals surface area (Å²) in [7, 11) is 1.48. The fourth-order valence-electron chi connectivity index (χ4n) is 4.67. The Morgan fingerprint density at radius 3 is 2.72 bits per heavy atom. The molecule has 4 N–H and O–H groups in total. The highest BCUT2D eigenvalue weighted by molar-refractivity contribution is 6.53. The van der Waals surface area contributed by atoms with E-state index in [4.69, 9.17) is 5.73 Å². The Morgan fingerprint density at radius 1 is 1.17 bits per heavy atom. The average molecular weight is 483 g/mol. The summed E-state index contributed by atoms with van der Waals surface area (Å²) in [6.45, 7) is 3.16. The molecular weight excluding hydrogens is 454 g/mol. The number of carbonyl (C=O) groups is 2. The predicted octanol–water partition coefficient (Wildman–Crippen LogP) is 2.68. The van der Waals surface area contributed by atoms with E-state index >= 15 is 0 Å². The zero-order valence-electron chi connectivity index (χ0n) is 20.2. The molecule has 0 radical (unpaired) electrons. The first-order chi connectivity index (χ1) is 17.5. The van der Waals surface area contributed by atoms with Crippen LogP contribution >= 0.6 is 0 Å². The Kier molecular flexibility index (Phi) is 6.12. The number of H-pyrrole nitrogens is 1. The Labute approximate surface area is 208 Å². The summed E-state index contributed by atoms with van der Waals surface area (Å²) in [4.78, 5) is 35.9. The summed E-state index contributed by atoms with van der Waals surface area (Å²) in [5.74, 6) is -0.828. The van der Waals surface area contributed by atoms with Gasteiger partial charge in [-0.05, 0) is 19.1 Å². The van der Waals surface area contributed by atoms with Crippen molar-refractivity contribution in [3.05, 3.63) is 90.7 Å². The van der Waals surface area contributed by atoms with Crippen LogP contribution in [0.5, 0.6) is 0 Å². The van der Waals surface area contributed by atoms with Crippen molar-refractivity contribution in [2.24, 2.45) is 10.7 Å². The van der Waals surface area contributed by atoms with E-state index in [2.05, 4.69) is 19.9 Å². The predicted molar refractivity (Wildman–Crippen MR) is 138 cm³/mol. The second-order valence-electron chi connectivity index (χ2n) is 8.65. The van der Waals surface area contributed by atoms with Crippen molar-refractivity contribution in [1.29, 1.82) is 0 Å². The van der Waals surface area contributed by atoms with Gasteiger partial charge in [-0.2, -0.15) is 0 Å². The first-order valence-corrected chi connectivity index (χ1v) is 11.8. The Bertz CT molecular complexity index is 1500. The van der Waals surface area contributed by atoms with E-state index in [1.807, 2.05) is 78.4 Å². The molecule has 1 aromatic carbocycles. The van der Waals surface area contributed by atoms with Gasteiger partial charge in [0, 0.05) is 49.9 Å². The second kappa shape index (κ2) is 9.53. The first-order valence-electron chi connectivity index (χ1n) is 11.8. The summed E-state index contributed by atoms with van der Waals surface area (Å²) < 4.78 is 4.06. The molecule has 0 spiro atoms. The van der Waals surface area contributed by atoms with E-state index in [1.165, 1.54) is 13.2 Å². The van der Waals surface area contributed by atoms with E-state index in [9.17, 15) is 9.59 Å². The van der Waals surface area contributed by atoms with Crippen molar-refractivity contribution in [3.8, 4) is 11.3 Å². The zero-order valence-corrected chi connectivity index (χ0v) is 20.2. The molecule has 0 saturated carbocycles. The van der Waals surface area contributed by atoms with Crippen molar-refractivity contribution in [3.63, 3.8) is 0 Å². The monoisotopic (exact) mass is 482 g/mol. The maximum atomic E-state index is 13.4. The van der Waals surface area contributed by atoms with Gasteiger partial charge in [0.05, 0.1) is 29.6 Å². The average Bonchev–Trinajstić information content (AvgIpc) is 3.55. The Balaban J connectivity index is 1.35. The third-order valence-corrected chi connectivity index (χ3v) is 6.55. The number of imidazole rings is 1. The van der Waals surface area contributed by atoms with Gasteiger partial charge in [0.2, 0.25) is 0 Å². The molecule has 4 aromatic rings. The number of nitrogens with one attached hydrogen (secondary N) is 2. The molecule has 0 fully saturated rings. The van der Waals surface area contributed by atoms with Gasteiger partial charge in [-0.1, -0.05) is 30.3 Å². The number of aromatic nitrogens is 3. The molecule has 5 rings (SSSR count). The fourth-order valence-corrected chi connectivity index (χ4v) is 4.67. The van der Waals surface area contributed by atoms with Gasteiger partial charge in [0.1, 0.15) is 11.9 Å². The fraction of sp³-hybridized carbons (Fsp3) is 0.185. The molecule has 36 heavy (non-hydrogen) atoms. The smallest absolute Gasteiger partial charge is 0.286 e. The maximum absolute atomic E-state index is 13.4. The van der Waals surface area contributed by atoms with Gasteiger partial charge in [-0.15, -0.1) is 0 Å². The standard InChI is InChI=1S/C27H27N7O2/c1-18-23-9-6-11-32(23)13-14-34(18)27(36)21(16-28)25(29-2)26(35)30-20-10-12-33-17-22(31-24(33)15-20)19-7-4-3-5-8-19/h3-12,15-18H,13-14H2,1-2H3,(H3,28,29,30,31,35,36)/p+1. The van der Waals surface area contributed by atoms with Crippen LogP contribution in [0.15, 0.2) is 90.0 Å². The highest BCUT2D eigenvalue weighted by Gasteiger charge is 2.32. The molecule has 1 unspecified atom stereocenters. The maximum Gasteiger partial charge on any atom is 0.286 e. The summed E-state index contributed by atoms with van der Waals surface area (Å²) in [6.07, 6.45) is 7.01. The molecule has 1 aliphatic heterocycles. The van der Waals surface area contributed by atoms with Crippen LogP contribution in [0.25, 0.3) is 16.9 Å². The number of hydrogen-bond donors (Lipinski definition) is 3. The molecule has 182 valence electrons. The SMILES string of the molecule is CN=C(C(=O)Nc1cc[n+]2cc(-c3ccccc3)[nH]c2c1)C(=CN)C(=O)N1CCn2cccc2C1C. The number of nitrogens with zero attached hydrogens (tertiary/aromatic N) is 4. The summed E-state index contributed by atoms with van der Waals surface area (Å²) in [5.41, 5.74) is 10.3. The van der Waals surface area contributed by atoms with Crippen LogP contribution < -0.4 is 15.5 Å². The number of anilines is 1. The summed E-state index contributed by atoms with van der Waals surface area (Å²) in [5, 5.41) is 2.86. The molecule has 1 aliphatic rings. The third-order valence-electron chi connectivity index (χ3n) is 6.55. The number of aromatic amines is 1. The summed E-state index contributed by atoms with van der Waals surface area (Å²) >= 11 is 0. The number of hydrogen-bond acceptors (Lipinski definition) is 4. The first kappa shape index (κ1) is 23.1. The molecular formula is C27H28N7O2+. The molecule has 9 nitrogen and oxygen atoms in total. The number of pyridine rings is 1. The summed E-state index contributed by atoms with van der Waals surface area (Å²) in [6, 6.07) is 17.4. The lowest BCUT2D eigenvalue weighted by Crippen LogP contribution is -2.44. The molecule has 1 atom stereocenters. The minimum Gasteiger partial charge on any atom is -0.404 e. The van der Waals surface area contributed by atoms with Crippen LogP contribution in [-0.4, -0.2) is 45.6 Å². The molecule has 0 aliphatic carbocycles. The van der Waals surface area contributed by atoms with Crippen LogP contribution in [-0.2, 0) is 16.1 Å². The second-order valence-corrected chi connectivity index (χ2v) is 8.65. The number of aliphatic imine (C=N–C) groups is 1.